The lowest BCUT2D eigenvalue weighted by atomic mass is 9.87. The molecule has 0 unspecified atom stereocenters. The molecule has 1 fully saturated rings. The SMILES string of the molecule is CC1CCC(NC(=O)N(CCCl)[NH2+][O-])CC1. The Morgan fingerprint density at radius 2 is 2.12 bits per heavy atom. The van der Waals surface area contributed by atoms with Crippen molar-refractivity contribution in [2.45, 2.75) is 38.6 Å². The lowest BCUT2D eigenvalue weighted by Crippen LogP contribution is -2.91. The van der Waals surface area contributed by atoms with Crippen LogP contribution >= 0.6 is 11.6 Å². The van der Waals surface area contributed by atoms with Crippen LogP contribution in [0, 0.1) is 11.1 Å². The summed E-state index contributed by atoms with van der Waals surface area (Å²) in [5.74, 6) is 1.02. The van der Waals surface area contributed by atoms with Crippen LogP contribution in [-0.4, -0.2) is 29.5 Å². The highest BCUT2D eigenvalue weighted by Crippen LogP contribution is 2.23. The van der Waals surface area contributed by atoms with Crippen molar-refractivity contribution in [3.8, 4) is 0 Å². The van der Waals surface area contributed by atoms with Gasteiger partial charge in [0.2, 0.25) is 0 Å². The highest BCUT2D eigenvalue weighted by molar-refractivity contribution is 6.18. The van der Waals surface area contributed by atoms with Crippen molar-refractivity contribution < 1.29 is 10.4 Å². The topological polar surface area (TPSA) is 72.0 Å². The first kappa shape index (κ1) is 13.5. The minimum atomic E-state index is -0.324. The molecule has 0 bridgehead atoms. The number of nitrogens with one attached hydrogen (secondary N) is 1. The number of alkyl halides is 1. The summed E-state index contributed by atoms with van der Waals surface area (Å²) in [7, 11) is 0. The largest absolute Gasteiger partial charge is 0.609 e. The summed E-state index contributed by atoms with van der Waals surface area (Å²) >= 11 is 5.50. The van der Waals surface area contributed by atoms with Gasteiger partial charge in [-0.15, -0.1) is 11.6 Å². The summed E-state index contributed by atoms with van der Waals surface area (Å²) in [6.07, 6.45) is 4.28. The smallest absolute Gasteiger partial charge is 0.362 e. The molecule has 16 heavy (non-hydrogen) atoms. The molecular formula is C10H20ClN3O2. The number of urea groups is 1. The summed E-state index contributed by atoms with van der Waals surface area (Å²) < 4.78 is 0. The molecular weight excluding hydrogens is 230 g/mol. The summed E-state index contributed by atoms with van der Waals surface area (Å²) in [6.45, 7) is 2.49. The molecule has 0 heterocycles. The number of halogens is 1. The van der Waals surface area contributed by atoms with Crippen molar-refractivity contribution in [3.05, 3.63) is 5.21 Å². The number of carbonyl (C=O) groups is 1. The predicted molar refractivity (Wildman–Crippen MR) is 62.7 cm³/mol. The molecule has 1 aliphatic rings. The first-order valence-electron chi connectivity index (χ1n) is 5.75. The van der Waals surface area contributed by atoms with Crippen molar-refractivity contribution in [1.82, 2.24) is 10.3 Å². The van der Waals surface area contributed by atoms with Crippen LogP contribution in [0.2, 0.25) is 0 Å². The fraction of sp³-hybridized carbons (Fsp3) is 0.900. The number of quaternary nitrogens is 1. The number of hydrogen-bond donors (Lipinski definition) is 2. The molecule has 94 valence electrons. The fourth-order valence-electron chi connectivity index (χ4n) is 1.96. The van der Waals surface area contributed by atoms with Crippen LogP contribution in [0.1, 0.15) is 32.6 Å². The lowest BCUT2D eigenvalue weighted by Gasteiger charge is -2.29. The Bertz CT molecular complexity index is 220. The van der Waals surface area contributed by atoms with Gasteiger partial charge < -0.3 is 10.5 Å². The van der Waals surface area contributed by atoms with Gasteiger partial charge in [-0.25, -0.2) is 4.79 Å². The molecule has 6 heteroatoms. The third kappa shape index (κ3) is 4.15. The van der Waals surface area contributed by atoms with Crippen molar-refractivity contribution in [2.75, 3.05) is 12.4 Å². The van der Waals surface area contributed by atoms with Crippen LogP contribution in [0.15, 0.2) is 0 Å². The molecule has 3 N–H and O–H groups in total. The molecule has 1 saturated carbocycles. The van der Waals surface area contributed by atoms with Gasteiger partial charge in [0.25, 0.3) is 0 Å². The zero-order valence-electron chi connectivity index (χ0n) is 9.62. The quantitative estimate of drug-likeness (QED) is 0.335. The average Bonchev–Trinajstić information content (AvgIpc) is 2.29. The Labute approximate surface area is 101 Å². The van der Waals surface area contributed by atoms with E-state index in [-0.39, 0.29) is 24.5 Å². The molecule has 2 amide bonds. The molecule has 0 atom stereocenters. The molecule has 0 aliphatic heterocycles. The molecule has 0 aromatic rings. The molecule has 0 aromatic heterocycles. The number of rotatable bonds is 4. The van der Waals surface area contributed by atoms with E-state index in [1.165, 1.54) is 0 Å². The van der Waals surface area contributed by atoms with Crippen molar-refractivity contribution in [1.29, 1.82) is 0 Å². The number of hydrogen-bond acceptors (Lipinski definition) is 2. The Kier molecular flexibility index (Phi) is 5.87. The summed E-state index contributed by atoms with van der Waals surface area (Å²) in [5.41, 5.74) is 0.531. The van der Waals surface area contributed by atoms with Crippen LogP contribution in [0.3, 0.4) is 0 Å². The summed E-state index contributed by atoms with van der Waals surface area (Å²) in [6, 6.07) is -0.114. The molecule has 0 radical (unpaired) electrons. The fourth-order valence-corrected chi connectivity index (χ4v) is 2.14. The van der Waals surface area contributed by atoms with Crippen molar-refractivity contribution in [2.24, 2.45) is 5.92 Å². The standard InChI is InChI=1S/C10H20ClN3O2/c1-8-2-4-9(5-3-8)12-10(15)14(13-16)7-6-11/h8-9H,2-7,13H2,1H3,(H,12,15). The minimum absolute atomic E-state index is 0.210. The Balaban J connectivity index is 2.32. The molecule has 1 rings (SSSR count). The number of amides is 2. The Hall–Kier alpha value is -0.520. The molecule has 0 aromatic carbocycles. The van der Waals surface area contributed by atoms with E-state index in [4.69, 9.17) is 11.6 Å². The zero-order chi connectivity index (χ0) is 12.0. The van der Waals surface area contributed by atoms with E-state index in [0.29, 0.717) is 5.59 Å². The van der Waals surface area contributed by atoms with Gasteiger partial charge in [0.05, 0.1) is 6.54 Å². The maximum absolute atomic E-state index is 11.6. The highest BCUT2D eigenvalue weighted by Gasteiger charge is 2.22. The monoisotopic (exact) mass is 249 g/mol. The Morgan fingerprint density at radius 3 is 2.62 bits per heavy atom. The van der Waals surface area contributed by atoms with Crippen LogP contribution in [0.5, 0.6) is 0 Å². The third-order valence-electron chi connectivity index (χ3n) is 3.06. The van der Waals surface area contributed by atoms with E-state index in [1.807, 2.05) is 0 Å². The molecule has 0 saturated heterocycles. The molecule has 5 nitrogen and oxygen atoms in total. The second kappa shape index (κ2) is 6.93. The first-order valence-corrected chi connectivity index (χ1v) is 6.29. The number of nitrogens with zero attached hydrogens (tertiary/aromatic N) is 1. The molecule has 0 spiro atoms. The van der Waals surface area contributed by atoms with Gasteiger partial charge in [-0.3, -0.25) is 5.59 Å². The van der Waals surface area contributed by atoms with Crippen LogP contribution in [0.4, 0.5) is 4.79 Å². The first-order chi connectivity index (χ1) is 7.67. The van der Waals surface area contributed by atoms with E-state index >= 15 is 0 Å². The zero-order valence-corrected chi connectivity index (χ0v) is 10.4. The van der Waals surface area contributed by atoms with E-state index in [0.717, 1.165) is 36.6 Å². The number of nitrogens with two attached hydrogens (primary N) is 1. The second-order valence-corrected chi connectivity index (χ2v) is 4.77. The lowest BCUT2D eigenvalue weighted by molar-refractivity contribution is -0.731. The van der Waals surface area contributed by atoms with Gasteiger partial charge in [0, 0.05) is 11.9 Å². The van der Waals surface area contributed by atoms with Crippen LogP contribution in [-0.2, 0) is 0 Å². The van der Waals surface area contributed by atoms with E-state index < -0.39 is 0 Å². The highest BCUT2D eigenvalue weighted by atomic mass is 35.5. The maximum Gasteiger partial charge on any atom is 0.362 e. The predicted octanol–water partition coefficient (Wildman–Crippen LogP) is 0.792. The maximum atomic E-state index is 11.6. The summed E-state index contributed by atoms with van der Waals surface area (Å²) in [5, 5.41) is 14.6. The third-order valence-corrected chi connectivity index (χ3v) is 3.23. The normalized spacial score (nSPS) is 25.2. The van der Waals surface area contributed by atoms with Gasteiger partial charge in [0.1, 0.15) is 0 Å². The van der Waals surface area contributed by atoms with Gasteiger partial charge in [-0.2, -0.15) is 5.01 Å². The van der Waals surface area contributed by atoms with E-state index in [9.17, 15) is 10.0 Å². The van der Waals surface area contributed by atoms with Gasteiger partial charge in [-0.1, -0.05) is 6.92 Å². The van der Waals surface area contributed by atoms with E-state index in [2.05, 4.69) is 12.2 Å². The molecule has 1 aliphatic carbocycles. The minimum Gasteiger partial charge on any atom is -0.609 e. The van der Waals surface area contributed by atoms with Crippen molar-refractivity contribution >= 4 is 17.6 Å². The van der Waals surface area contributed by atoms with Crippen LogP contribution in [0.25, 0.3) is 0 Å². The second-order valence-electron chi connectivity index (χ2n) is 4.39. The van der Waals surface area contributed by atoms with Gasteiger partial charge in [-0.05, 0) is 31.6 Å². The van der Waals surface area contributed by atoms with Crippen LogP contribution < -0.4 is 10.9 Å². The summed E-state index contributed by atoms with van der Waals surface area (Å²) in [4.78, 5) is 11.6. The number of carbonyl (C=O) groups excluding carboxylic acids is 1. The van der Waals surface area contributed by atoms with Gasteiger partial charge in [0.15, 0.2) is 0 Å². The van der Waals surface area contributed by atoms with Crippen molar-refractivity contribution in [3.63, 3.8) is 0 Å². The van der Waals surface area contributed by atoms with E-state index in [1.54, 1.807) is 0 Å². The average molecular weight is 250 g/mol. The Morgan fingerprint density at radius 1 is 1.50 bits per heavy atom. The van der Waals surface area contributed by atoms with Gasteiger partial charge >= 0.3 is 6.03 Å².